The molecular formula is C32H46O20. The molecule has 0 spiro atoms. The van der Waals surface area contributed by atoms with Crippen LogP contribution >= 0.6 is 0 Å². The van der Waals surface area contributed by atoms with Crippen molar-refractivity contribution in [2.45, 2.75) is 143 Å². The van der Waals surface area contributed by atoms with Gasteiger partial charge in [0.15, 0.2) is 49.2 Å². The van der Waals surface area contributed by atoms with Gasteiger partial charge in [-0.3, -0.25) is 38.4 Å². The molecule has 0 amide bonds. The Hall–Kier alpha value is -4.40. The Kier molecular flexibility index (Phi) is 16.8. The second-order valence-electron chi connectivity index (χ2n) is 11.8. The van der Waals surface area contributed by atoms with Crippen molar-refractivity contribution < 1.29 is 95.2 Å². The minimum absolute atomic E-state index is 0.497. The zero-order valence-corrected chi connectivity index (χ0v) is 30.5. The summed E-state index contributed by atoms with van der Waals surface area (Å²) < 4.78 is 66.8. The molecule has 2 saturated heterocycles. The lowest BCUT2D eigenvalue weighted by molar-refractivity contribution is -0.340. The van der Waals surface area contributed by atoms with Gasteiger partial charge in [0.2, 0.25) is 0 Å². The molecule has 12 atom stereocenters. The molecule has 0 N–H and O–H groups in total. The van der Waals surface area contributed by atoms with Crippen molar-refractivity contribution in [3.8, 4) is 0 Å². The van der Waals surface area contributed by atoms with Crippen LogP contribution < -0.4 is 0 Å². The normalized spacial score (nSPS) is 29.6. The smallest absolute Gasteiger partial charge is 0.303 e. The lowest BCUT2D eigenvalue weighted by atomic mass is 9.97. The van der Waals surface area contributed by atoms with Crippen LogP contribution in [-0.2, 0) is 95.2 Å². The second-order valence-corrected chi connectivity index (χ2v) is 11.8. The molecule has 0 aromatic heterocycles. The Labute approximate surface area is 299 Å². The molecule has 20 nitrogen and oxygen atoms in total. The average Bonchev–Trinajstić information content (AvgIpc) is 2.99. The molecule has 0 unspecified atom stereocenters. The van der Waals surface area contributed by atoms with Crippen LogP contribution in [0.15, 0.2) is 0 Å². The third kappa shape index (κ3) is 13.6. The maximum atomic E-state index is 12.2. The van der Waals surface area contributed by atoms with Crippen LogP contribution in [0.3, 0.4) is 0 Å². The van der Waals surface area contributed by atoms with Gasteiger partial charge in [-0.2, -0.15) is 0 Å². The van der Waals surface area contributed by atoms with Crippen molar-refractivity contribution in [1.82, 2.24) is 0 Å². The number of carbonyl (C=O) groups excluding carboxylic acids is 8. The van der Waals surface area contributed by atoms with Gasteiger partial charge < -0.3 is 56.8 Å². The van der Waals surface area contributed by atoms with Gasteiger partial charge in [-0.05, 0) is 13.8 Å². The van der Waals surface area contributed by atoms with Crippen LogP contribution in [0.25, 0.3) is 0 Å². The van der Waals surface area contributed by atoms with Crippen molar-refractivity contribution in [1.29, 1.82) is 0 Å². The third-order valence-electron chi connectivity index (χ3n) is 7.25. The lowest BCUT2D eigenvalue weighted by Gasteiger charge is -2.46. The quantitative estimate of drug-likeness (QED) is 0.157. The highest BCUT2D eigenvalue weighted by Crippen LogP contribution is 2.33. The summed E-state index contributed by atoms with van der Waals surface area (Å²) >= 11 is 0. The van der Waals surface area contributed by atoms with E-state index in [-0.39, 0.29) is 0 Å². The molecule has 0 bridgehead atoms. The fourth-order valence-corrected chi connectivity index (χ4v) is 5.24. The fraction of sp³-hybridized carbons (Fsp3) is 0.750. The van der Waals surface area contributed by atoms with Crippen LogP contribution in [0.2, 0.25) is 0 Å². The van der Waals surface area contributed by atoms with E-state index in [1.54, 1.807) is 0 Å². The second kappa shape index (κ2) is 20.0. The first kappa shape index (κ1) is 43.8. The standard InChI is InChI=1S/C32H46O20/c1-13(43-31-29(49-21(9)39)27(47-19(7)37)25(45-17(5)35)23(51-31)11-41-15(3)33)14(2)44-32-30(50-22(10)40)28(48-20(8)38)26(46-18(6)36)24(52-32)12-42-16(4)34/h13-14,23-32H,11-12H2,1-10H3/t13-,14-,23-,24-,25-,26-,27+,28+,29+,30+,31+,32+/m1/s1. The first-order valence-electron chi connectivity index (χ1n) is 16.1. The Morgan fingerprint density at radius 1 is 0.404 bits per heavy atom. The van der Waals surface area contributed by atoms with Crippen molar-refractivity contribution in [2.75, 3.05) is 13.2 Å². The molecule has 2 fully saturated rings. The van der Waals surface area contributed by atoms with Crippen molar-refractivity contribution in [2.24, 2.45) is 0 Å². The van der Waals surface area contributed by atoms with E-state index < -0.39 is 135 Å². The average molecular weight is 751 g/mol. The molecule has 20 heteroatoms. The van der Waals surface area contributed by atoms with E-state index in [1.807, 2.05) is 0 Å². The summed E-state index contributed by atoms with van der Waals surface area (Å²) in [5.74, 6) is -6.47. The number of carbonyl (C=O) groups is 8. The van der Waals surface area contributed by atoms with Crippen LogP contribution in [-0.4, -0.2) is 135 Å². The predicted octanol–water partition coefficient (Wildman–Crippen LogP) is -0.0372. The van der Waals surface area contributed by atoms with Crippen molar-refractivity contribution in [3.63, 3.8) is 0 Å². The molecule has 2 rings (SSSR count). The predicted molar refractivity (Wildman–Crippen MR) is 165 cm³/mol. The van der Waals surface area contributed by atoms with Gasteiger partial charge in [0.05, 0.1) is 12.2 Å². The minimum atomic E-state index is -1.57. The van der Waals surface area contributed by atoms with Gasteiger partial charge >= 0.3 is 47.8 Å². The van der Waals surface area contributed by atoms with E-state index in [4.69, 9.17) is 56.8 Å². The summed E-state index contributed by atoms with van der Waals surface area (Å²) in [7, 11) is 0. The molecule has 0 aromatic rings. The molecule has 0 aliphatic carbocycles. The largest absolute Gasteiger partial charge is 0.463 e. The van der Waals surface area contributed by atoms with E-state index in [1.165, 1.54) is 13.8 Å². The minimum Gasteiger partial charge on any atom is -0.463 e. The zero-order valence-electron chi connectivity index (χ0n) is 30.5. The van der Waals surface area contributed by atoms with Crippen molar-refractivity contribution in [3.05, 3.63) is 0 Å². The molecule has 0 radical (unpaired) electrons. The summed E-state index contributed by atoms with van der Waals surface area (Å²) in [5, 5.41) is 0. The van der Waals surface area contributed by atoms with Crippen molar-refractivity contribution >= 4 is 47.8 Å². The molecule has 52 heavy (non-hydrogen) atoms. The van der Waals surface area contributed by atoms with Crippen LogP contribution in [0, 0.1) is 0 Å². The van der Waals surface area contributed by atoms with Gasteiger partial charge in [0.25, 0.3) is 0 Å². The Morgan fingerprint density at radius 2 is 0.654 bits per heavy atom. The lowest BCUT2D eigenvalue weighted by Crippen LogP contribution is -2.64. The maximum absolute atomic E-state index is 12.2. The number of esters is 8. The molecule has 0 aromatic carbocycles. The van der Waals surface area contributed by atoms with Gasteiger partial charge in [0.1, 0.15) is 25.4 Å². The molecule has 2 aliphatic rings. The first-order valence-corrected chi connectivity index (χ1v) is 16.1. The fourth-order valence-electron chi connectivity index (χ4n) is 5.24. The first-order chi connectivity index (χ1) is 24.2. The maximum Gasteiger partial charge on any atom is 0.303 e. The number of rotatable bonds is 15. The number of ether oxygens (including phenoxy) is 12. The summed E-state index contributed by atoms with van der Waals surface area (Å²) in [5.41, 5.74) is 0. The van der Waals surface area contributed by atoms with Crippen LogP contribution in [0.1, 0.15) is 69.2 Å². The molecule has 2 aliphatic heterocycles. The zero-order chi connectivity index (χ0) is 39.4. The third-order valence-corrected chi connectivity index (χ3v) is 7.25. The van der Waals surface area contributed by atoms with E-state index in [9.17, 15) is 38.4 Å². The number of hydrogen-bond donors (Lipinski definition) is 0. The summed E-state index contributed by atoms with van der Waals surface area (Å²) in [6.45, 7) is 10.6. The Bertz CT molecular complexity index is 1220. The monoisotopic (exact) mass is 750 g/mol. The van der Waals surface area contributed by atoms with Crippen LogP contribution in [0.5, 0.6) is 0 Å². The topological polar surface area (TPSA) is 247 Å². The Morgan fingerprint density at radius 3 is 0.904 bits per heavy atom. The highest BCUT2D eigenvalue weighted by Gasteiger charge is 2.55. The summed E-state index contributed by atoms with van der Waals surface area (Å²) in [6.07, 6.45) is -16.8. The van der Waals surface area contributed by atoms with Gasteiger partial charge in [-0.25, -0.2) is 0 Å². The highest BCUT2D eigenvalue weighted by atomic mass is 16.8. The van der Waals surface area contributed by atoms with E-state index in [2.05, 4.69) is 0 Å². The van der Waals surface area contributed by atoms with Gasteiger partial charge in [-0.1, -0.05) is 0 Å². The van der Waals surface area contributed by atoms with Gasteiger partial charge in [-0.15, -0.1) is 0 Å². The number of hydrogen-bond acceptors (Lipinski definition) is 20. The molecule has 2 heterocycles. The summed E-state index contributed by atoms with van der Waals surface area (Å²) in [6, 6.07) is 0. The molecule has 0 saturated carbocycles. The summed E-state index contributed by atoms with van der Waals surface area (Å²) in [4.78, 5) is 96.2. The highest BCUT2D eigenvalue weighted by molar-refractivity contribution is 5.70. The Balaban J connectivity index is 2.49. The van der Waals surface area contributed by atoms with E-state index in [0.717, 1.165) is 55.4 Å². The molecular weight excluding hydrogens is 704 g/mol. The SMILES string of the molecule is CC(=O)OC[C@H]1O[C@H](O[C@H](C)[C@@H](C)O[C@H]2O[C@H](COC(C)=O)[C@@H](OC(C)=O)[C@H](OC(C)=O)[C@@H]2OC(C)=O)[C@@H](OC(C)=O)[C@@H](OC(C)=O)[C@@H]1OC(C)=O. The van der Waals surface area contributed by atoms with E-state index in [0.29, 0.717) is 0 Å². The van der Waals surface area contributed by atoms with E-state index >= 15 is 0 Å². The molecule has 294 valence electrons. The van der Waals surface area contributed by atoms with Gasteiger partial charge in [0, 0.05) is 55.4 Å². The van der Waals surface area contributed by atoms with Crippen LogP contribution in [0.4, 0.5) is 0 Å².